The van der Waals surface area contributed by atoms with Crippen LogP contribution in [0.2, 0.25) is 0 Å². The molecule has 0 radical (unpaired) electrons. The van der Waals surface area contributed by atoms with E-state index in [4.69, 9.17) is 4.74 Å². The molecule has 0 bridgehead atoms. The van der Waals surface area contributed by atoms with Gasteiger partial charge in [0.25, 0.3) is 5.91 Å². The Kier molecular flexibility index (Phi) is 5.85. The highest BCUT2D eigenvalue weighted by Crippen LogP contribution is 2.17. The Morgan fingerprint density at radius 1 is 1.11 bits per heavy atom. The zero-order valence-corrected chi connectivity index (χ0v) is 15.0. The van der Waals surface area contributed by atoms with E-state index in [-0.39, 0.29) is 17.8 Å². The number of aromatic nitrogens is 1. The average molecular weight is 372 g/mol. The third kappa shape index (κ3) is 4.72. The molecule has 0 aliphatic carbocycles. The molecular weight excluding hydrogens is 351 g/mol. The molecule has 142 valence electrons. The minimum Gasteiger partial charge on any atom is -0.450 e. The molecule has 1 aliphatic heterocycles. The van der Waals surface area contributed by atoms with E-state index in [2.05, 4.69) is 10.3 Å². The molecule has 27 heavy (non-hydrogen) atoms. The lowest BCUT2D eigenvalue weighted by atomic mass is 10.2. The van der Waals surface area contributed by atoms with Crippen molar-refractivity contribution in [2.45, 2.75) is 6.92 Å². The van der Waals surface area contributed by atoms with E-state index in [1.165, 1.54) is 18.3 Å². The summed E-state index contributed by atoms with van der Waals surface area (Å²) in [6.45, 7) is 3.83. The van der Waals surface area contributed by atoms with Crippen molar-refractivity contribution in [1.82, 2.24) is 14.8 Å². The number of nitrogens with one attached hydrogen (secondary N) is 1. The number of carbonyl (C=O) groups is 2. The summed E-state index contributed by atoms with van der Waals surface area (Å²) in [5, 5.41) is 3.04. The summed E-state index contributed by atoms with van der Waals surface area (Å²) in [5.41, 5.74) is 1.58. The Bertz CT molecular complexity index is 805. The number of anilines is 2. The van der Waals surface area contributed by atoms with E-state index in [1.807, 2.05) is 0 Å². The molecule has 1 aromatic heterocycles. The van der Waals surface area contributed by atoms with Crippen LogP contribution in [0.4, 0.5) is 20.6 Å². The van der Waals surface area contributed by atoms with E-state index >= 15 is 0 Å². The number of benzene rings is 1. The summed E-state index contributed by atoms with van der Waals surface area (Å²) in [7, 11) is 0. The van der Waals surface area contributed by atoms with Crippen LogP contribution < -0.4 is 5.32 Å². The van der Waals surface area contributed by atoms with Crippen LogP contribution in [0.25, 0.3) is 0 Å². The normalized spacial score (nSPS) is 14.0. The zero-order chi connectivity index (χ0) is 19.2. The number of piperazine rings is 1. The van der Waals surface area contributed by atoms with Gasteiger partial charge in [0.2, 0.25) is 0 Å². The number of ether oxygens (including phenoxy) is 1. The Hall–Kier alpha value is -3.16. The maximum Gasteiger partial charge on any atom is 0.409 e. The second-order valence-corrected chi connectivity index (χ2v) is 6.05. The maximum absolute atomic E-state index is 13.2. The molecule has 1 N–H and O–H groups in total. The van der Waals surface area contributed by atoms with Gasteiger partial charge in [-0.05, 0) is 37.3 Å². The summed E-state index contributed by atoms with van der Waals surface area (Å²) in [4.78, 5) is 31.7. The highest BCUT2D eigenvalue weighted by Gasteiger charge is 2.26. The summed E-state index contributed by atoms with van der Waals surface area (Å²) in [5.74, 6) is -0.516. The summed E-state index contributed by atoms with van der Waals surface area (Å²) < 4.78 is 18.2. The second kappa shape index (κ2) is 8.48. The SMILES string of the molecule is CCOC(=O)N1CCN(C(=O)c2ccc(Nc3cccc(F)c3)cn2)CC1. The number of hydrogen-bond donors (Lipinski definition) is 1. The van der Waals surface area contributed by atoms with E-state index in [0.29, 0.717) is 49.9 Å². The van der Waals surface area contributed by atoms with Gasteiger partial charge in [0.05, 0.1) is 18.5 Å². The van der Waals surface area contributed by atoms with Gasteiger partial charge in [-0.15, -0.1) is 0 Å². The number of hydrogen-bond acceptors (Lipinski definition) is 5. The topological polar surface area (TPSA) is 74.8 Å². The fourth-order valence-electron chi connectivity index (χ4n) is 2.80. The fraction of sp³-hybridized carbons (Fsp3) is 0.316. The molecule has 0 atom stereocenters. The smallest absolute Gasteiger partial charge is 0.409 e. The van der Waals surface area contributed by atoms with Gasteiger partial charge in [0, 0.05) is 31.9 Å². The number of amides is 2. The number of carbonyl (C=O) groups excluding carboxylic acids is 2. The molecule has 2 amide bonds. The highest BCUT2D eigenvalue weighted by molar-refractivity contribution is 5.92. The molecule has 1 saturated heterocycles. The van der Waals surface area contributed by atoms with Crippen molar-refractivity contribution in [3.63, 3.8) is 0 Å². The average Bonchev–Trinajstić information content (AvgIpc) is 2.68. The van der Waals surface area contributed by atoms with Crippen LogP contribution in [-0.2, 0) is 4.74 Å². The Labute approximate surface area is 156 Å². The zero-order valence-electron chi connectivity index (χ0n) is 15.0. The second-order valence-electron chi connectivity index (χ2n) is 6.05. The number of nitrogens with zero attached hydrogens (tertiary/aromatic N) is 3. The number of rotatable bonds is 4. The predicted octanol–water partition coefficient (Wildman–Crippen LogP) is 2.88. The van der Waals surface area contributed by atoms with Gasteiger partial charge in [0.1, 0.15) is 11.5 Å². The summed E-state index contributed by atoms with van der Waals surface area (Å²) >= 11 is 0. The minimum atomic E-state index is -0.351. The van der Waals surface area contributed by atoms with Crippen molar-refractivity contribution in [2.75, 3.05) is 38.1 Å². The van der Waals surface area contributed by atoms with E-state index < -0.39 is 0 Å². The van der Waals surface area contributed by atoms with Crippen molar-refractivity contribution in [2.24, 2.45) is 0 Å². The summed E-state index contributed by atoms with van der Waals surface area (Å²) in [6, 6.07) is 9.45. The lowest BCUT2D eigenvalue weighted by Crippen LogP contribution is -2.50. The first-order valence-electron chi connectivity index (χ1n) is 8.76. The molecule has 3 rings (SSSR count). The molecule has 0 unspecified atom stereocenters. The van der Waals surface area contributed by atoms with Crippen LogP contribution in [0.15, 0.2) is 42.6 Å². The first kappa shape index (κ1) is 18.6. The molecule has 7 nitrogen and oxygen atoms in total. The van der Waals surface area contributed by atoms with Gasteiger partial charge in [0.15, 0.2) is 0 Å². The van der Waals surface area contributed by atoms with Gasteiger partial charge in [-0.2, -0.15) is 0 Å². The van der Waals surface area contributed by atoms with Crippen LogP contribution in [0.1, 0.15) is 17.4 Å². The molecule has 1 fully saturated rings. The monoisotopic (exact) mass is 372 g/mol. The van der Waals surface area contributed by atoms with Crippen LogP contribution in [-0.4, -0.2) is 59.6 Å². The molecule has 0 saturated carbocycles. The van der Waals surface area contributed by atoms with E-state index in [1.54, 1.807) is 41.0 Å². The quantitative estimate of drug-likeness (QED) is 0.893. The largest absolute Gasteiger partial charge is 0.450 e. The van der Waals surface area contributed by atoms with Gasteiger partial charge >= 0.3 is 6.09 Å². The first-order valence-corrected chi connectivity index (χ1v) is 8.76. The van der Waals surface area contributed by atoms with Crippen LogP contribution in [0.3, 0.4) is 0 Å². The van der Waals surface area contributed by atoms with Crippen molar-refractivity contribution in [1.29, 1.82) is 0 Å². The third-order valence-corrected chi connectivity index (χ3v) is 4.19. The molecule has 1 aliphatic rings. The van der Waals surface area contributed by atoms with E-state index in [9.17, 15) is 14.0 Å². The highest BCUT2D eigenvalue weighted by atomic mass is 19.1. The molecule has 2 heterocycles. The van der Waals surface area contributed by atoms with Crippen LogP contribution >= 0.6 is 0 Å². The van der Waals surface area contributed by atoms with Gasteiger partial charge in [-0.3, -0.25) is 4.79 Å². The van der Waals surface area contributed by atoms with Gasteiger partial charge in [-0.1, -0.05) is 6.07 Å². The van der Waals surface area contributed by atoms with Crippen molar-refractivity contribution < 1.29 is 18.7 Å². The number of halogens is 1. The Morgan fingerprint density at radius 3 is 2.48 bits per heavy atom. The van der Waals surface area contributed by atoms with Crippen LogP contribution in [0, 0.1) is 5.82 Å². The Balaban J connectivity index is 1.57. The maximum atomic E-state index is 13.2. The lowest BCUT2D eigenvalue weighted by molar-refractivity contribution is 0.0566. The molecule has 2 aromatic rings. The van der Waals surface area contributed by atoms with E-state index in [0.717, 1.165) is 0 Å². The first-order chi connectivity index (χ1) is 13.1. The standard InChI is InChI=1S/C19H21FN4O3/c1-2-27-19(26)24-10-8-23(9-11-24)18(25)17-7-6-16(13-21-17)22-15-5-3-4-14(20)12-15/h3-7,12-13,22H,2,8-11H2,1H3. The van der Waals surface area contributed by atoms with Crippen molar-refractivity contribution in [3.05, 3.63) is 54.1 Å². The van der Waals surface area contributed by atoms with Crippen LogP contribution in [0.5, 0.6) is 0 Å². The van der Waals surface area contributed by atoms with Crippen molar-refractivity contribution in [3.8, 4) is 0 Å². The van der Waals surface area contributed by atoms with Gasteiger partial charge < -0.3 is 19.9 Å². The predicted molar refractivity (Wildman–Crippen MR) is 98.4 cm³/mol. The molecular formula is C19H21FN4O3. The molecule has 8 heteroatoms. The summed E-state index contributed by atoms with van der Waals surface area (Å²) in [6.07, 6.45) is 1.18. The third-order valence-electron chi connectivity index (χ3n) is 4.19. The lowest BCUT2D eigenvalue weighted by Gasteiger charge is -2.33. The minimum absolute atomic E-state index is 0.184. The molecule has 1 aromatic carbocycles. The fourth-order valence-corrected chi connectivity index (χ4v) is 2.80. The van der Waals surface area contributed by atoms with Gasteiger partial charge in [-0.25, -0.2) is 14.2 Å². The molecule has 0 spiro atoms. The van der Waals surface area contributed by atoms with Crippen molar-refractivity contribution >= 4 is 23.4 Å². The Morgan fingerprint density at radius 2 is 1.85 bits per heavy atom. The number of pyridine rings is 1.